The monoisotopic (exact) mass is 256 g/mol. The fraction of sp³-hybridized carbons (Fsp3) is 0.667. The molecule has 4 nitrogen and oxygen atoms in total. The molecule has 1 aliphatic rings. The number of aromatic nitrogens is 1. The number of nitrogens with zero attached hydrogens (tertiary/aromatic N) is 1. The largest absolute Gasteiger partial charge is 0.361 e. The van der Waals surface area contributed by atoms with Crippen LogP contribution in [-0.2, 0) is 0 Å². The summed E-state index contributed by atoms with van der Waals surface area (Å²) in [6, 6.07) is 0. The van der Waals surface area contributed by atoms with Crippen LogP contribution in [0.2, 0.25) is 0 Å². The van der Waals surface area contributed by atoms with Crippen molar-refractivity contribution in [2.24, 2.45) is 11.8 Å². The van der Waals surface area contributed by atoms with Gasteiger partial charge >= 0.3 is 0 Å². The van der Waals surface area contributed by atoms with Crippen molar-refractivity contribution in [1.82, 2.24) is 10.5 Å². The van der Waals surface area contributed by atoms with Crippen LogP contribution in [0.1, 0.15) is 35.4 Å². The lowest BCUT2D eigenvalue weighted by atomic mass is 9.98. The minimum Gasteiger partial charge on any atom is -0.361 e. The van der Waals surface area contributed by atoms with Crippen LogP contribution in [0.5, 0.6) is 0 Å². The van der Waals surface area contributed by atoms with Crippen molar-refractivity contribution in [1.29, 1.82) is 0 Å². The number of nitrogens with one attached hydrogen (secondary N) is 1. The molecule has 1 heterocycles. The average Bonchev–Trinajstić information content (AvgIpc) is 2.94. The molecule has 0 radical (unpaired) electrons. The highest BCUT2D eigenvalue weighted by atomic mass is 35.5. The lowest BCUT2D eigenvalue weighted by Crippen LogP contribution is -2.31. The van der Waals surface area contributed by atoms with Crippen molar-refractivity contribution in [2.45, 2.75) is 26.2 Å². The number of alkyl halides is 1. The highest BCUT2D eigenvalue weighted by Gasteiger charge is 2.27. The highest BCUT2D eigenvalue weighted by molar-refractivity contribution is 6.18. The van der Waals surface area contributed by atoms with Gasteiger partial charge in [0.15, 0.2) is 0 Å². The number of carbonyl (C=O) groups excluding carboxylic acids is 1. The molecule has 1 aliphatic carbocycles. The molecule has 94 valence electrons. The molecule has 5 heteroatoms. The third-order valence-electron chi connectivity index (χ3n) is 3.53. The summed E-state index contributed by atoms with van der Waals surface area (Å²) in [5.74, 6) is 2.19. The third kappa shape index (κ3) is 2.80. The molecule has 1 fully saturated rings. The van der Waals surface area contributed by atoms with E-state index in [0.717, 1.165) is 6.42 Å². The van der Waals surface area contributed by atoms with Gasteiger partial charge < -0.3 is 9.84 Å². The van der Waals surface area contributed by atoms with Gasteiger partial charge in [-0.1, -0.05) is 11.6 Å². The van der Waals surface area contributed by atoms with Crippen LogP contribution in [0.15, 0.2) is 10.7 Å². The van der Waals surface area contributed by atoms with Crippen molar-refractivity contribution in [3.63, 3.8) is 0 Å². The summed E-state index contributed by atoms with van der Waals surface area (Å²) in [5, 5.41) is 6.53. The Kier molecular flexibility index (Phi) is 4.05. The minimum absolute atomic E-state index is 0.107. The Hall–Kier alpha value is -1.03. The van der Waals surface area contributed by atoms with E-state index in [-0.39, 0.29) is 5.91 Å². The van der Waals surface area contributed by atoms with Gasteiger partial charge in [0.25, 0.3) is 5.91 Å². The van der Waals surface area contributed by atoms with Gasteiger partial charge in [0.05, 0.1) is 6.20 Å². The first-order valence-electron chi connectivity index (χ1n) is 5.97. The first kappa shape index (κ1) is 12.4. The third-order valence-corrected chi connectivity index (χ3v) is 3.93. The van der Waals surface area contributed by atoms with E-state index in [4.69, 9.17) is 16.1 Å². The first-order chi connectivity index (χ1) is 8.22. The molecule has 17 heavy (non-hydrogen) atoms. The van der Waals surface area contributed by atoms with Crippen LogP contribution in [0.4, 0.5) is 0 Å². The molecule has 2 rings (SSSR count). The van der Waals surface area contributed by atoms with E-state index in [1.54, 1.807) is 6.92 Å². The van der Waals surface area contributed by atoms with E-state index in [0.29, 0.717) is 35.6 Å². The van der Waals surface area contributed by atoms with Gasteiger partial charge in [-0.2, -0.15) is 0 Å². The maximum Gasteiger partial charge on any atom is 0.256 e. The Bertz CT molecular complexity index is 392. The maximum atomic E-state index is 11.8. The zero-order chi connectivity index (χ0) is 12.3. The Morgan fingerprint density at radius 2 is 2.35 bits per heavy atom. The van der Waals surface area contributed by atoms with Gasteiger partial charge in [0.1, 0.15) is 11.3 Å². The minimum atomic E-state index is -0.107. The number of rotatable bonds is 4. The maximum absolute atomic E-state index is 11.8. The number of aryl methyl sites for hydroxylation is 1. The number of amides is 1. The summed E-state index contributed by atoms with van der Waals surface area (Å²) in [6.07, 6.45) is 5.00. The van der Waals surface area contributed by atoms with Crippen LogP contribution < -0.4 is 5.32 Å². The van der Waals surface area contributed by atoms with Crippen molar-refractivity contribution < 1.29 is 9.32 Å². The summed E-state index contributed by atoms with van der Waals surface area (Å²) in [6.45, 7) is 2.43. The number of halogens is 1. The van der Waals surface area contributed by atoms with Crippen LogP contribution >= 0.6 is 11.6 Å². The zero-order valence-electron chi connectivity index (χ0n) is 9.91. The zero-order valence-corrected chi connectivity index (χ0v) is 10.7. The fourth-order valence-corrected chi connectivity index (χ4v) is 2.83. The SMILES string of the molecule is Cc1oncc1C(=O)NCC1CCCC1CCl. The molecule has 2 unspecified atom stereocenters. The van der Waals surface area contributed by atoms with Gasteiger partial charge in [-0.3, -0.25) is 4.79 Å². The van der Waals surface area contributed by atoms with Crippen molar-refractivity contribution in [3.8, 4) is 0 Å². The summed E-state index contributed by atoms with van der Waals surface area (Å²) >= 11 is 5.90. The van der Waals surface area contributed by atoms with Crippen molar-refractivity contribution >= 4 is 17.5 Å². The standard InChI is InChI=1S/C12H17ClN2O2/c1-8-11(7-15-17-8)12(16)14-6-10-4-2-3-9(10)5-13/h7,9-10H,2-6H2,1H3,(H,14,16). The quantitative estimate of drug-likeness (QED) is 0.842. The lowest BCUT2D eigenvalue weighted by Gasteiger charge is -2.17. The van der Waals surface area contributed by atoms with E-state index >= 15 is 0 Å². The molecule has 0 spiro atoms. The molecule has 1 saturated carbocycles. The number of hydrogen-bond donors (Lipinski definition) is 1. The Labute approximate surface area is 106 Å². The van der Waals surface area contributed by atoms with Crippen LogP contribution in [0.25, 0.3) is 0 Å². The molecule has 2 atom stereocenters. The molecule has 0 aromatic carbocycles. The Morgan fingerprint density at radius 3 is 3.00 bits per heavy atom. The summed E-state index contributed by atoms with van der Waals surface area (Å²) in [4.78, 5) is 11.8. The number of hydrogen-bond acceptors (Lipinski definition) is 3. The normalized spacial score (nSPS) is 23.9. The molecular weight excluding hydrogens is 240 g/mol. The molecule has 1 N–H and O–H groups in total. The molecule has 0 saturated heterocycles. The van der Waals surface area contributed by atoms with Gasteiger partial charge in [-0.05, 0) is 31.6 Å². The van der Waals surface area contributed by atoms with Crippen molar-refractivity contribution in [3.05, 3.63) is 17.5 Å². The second kappa shape index (κ2) is 5.54. The molecule has 0 bridgehead atoms. The predicted octanol–water partition coefficient (Wildman–Crippen LogP) is 2.37. The van der Waals surface area contributed by atoms with Gasteiger partial charge in [0, 0.05) is 12.4 Å². The molecule has 1 aromatic heterocycles. The van der Waals surface area contributed by atoms with Crippen LogP contribution in [-0.4, -0.2) is 23.5 Å². The van der Waals surface area contributed by atoms with E-state index in [1.165, 1.54) is 19.0 Å². The highest BCUT2D eigenvalue weighted by Crippen LogP contribution is 2.31. The lowest BCUT2D eigenvalue weighted by molar-refractivity contribution is 0.0943. The average molecular weight is 257 g/mol. The second-order valence-corrected chi connectivity index (χ2v) is 4.92. The summed E-state index contributed by atoms with van der Waals surface area (Å²) < 4.78 is 4.87. The molecule has 1 amide bonds. The Balaban J connectivity index is 1.86. The van der Waals surface area contributed by atoms with Gasteiger partial charge in [0.2, 0.25) is 0 Å². The van der Waals surface area contributed by atoms with Crippen LogP contribution in [0.3, 0.4) is 0 Å². The topological polar surface area (TPSA) is 55.1 Å². The van der Waals surface area contributed by atoms with Gasteiger partial charge in [-0.25, -0.2) is 0 Å². The summed E-state index contributed by atoms with van der Waals surface area (Å²) in [5.41, 5.74) is 0.519. The molecule has 1 aromatic rings. The first-order valence-corrected chi connectivity index (χ1v) is 6.51. The van der Waals surface area contributed by atoms with Gasteiger partial charge in [-0.15, -0.1) is 11.6 Å². The van der Waals surface area contributed by atoms with Crippen LogP contribution in [0, 0.1) is 18.8 Å². The Morgan fingerprint density at radius 1 is 1.59 bits per heavy atom. The predicted molar refractivity (Wildman–Crippen MR) is 65.1 cm³/mol. The number of carbonyl (C=O) groups is 1. The summed E-state index contributed by atoms with van der Waals surface area (Å²) in [7, 11) is 0. The molecular formula is C12H17ClN2O2. The van der Waals surface area contributed by atoms with Crippen molar-refractivity contribution in [2.75, 3.05) is 12.4 Å². The second-order valence-electron chi connectivity index (χ2n) is 4.61. The molecule has 0 aliphatic heterocycles. The van der Waals surface area contributed by atoms with E-state index in [1.807, 2.05) is 0 Å². The van der Waals surface area contributed by atoms with E-state index < -0.39 is 0 Å². The van der Waals surface area contributed by atoms with E-state index in [2.05, 4.69) is 10.5 Å². The fourth-order valence-electron chi connectivity index (χ4n) is 2.42. The van der Waals surface area contributed by atoms with E-state index in [9.17, 15) is 4.79 Å². The smallest absolute Gasteiger partial charge is 0.256 e.